The summed E-state index contributed by atoms with van der Waals surface area (Å²) >= 11 is 0. The van der Waals surface area contributed by atoms with Crippen LogP contribution in [-0.2, 0) is 24.4 Å². The van der Waals surface area contributed by atoms with Crippen LogP contribution in [0.2, 0.25) is 0 Å². The molecule has 2 saturated carbocycles. The van der Waals surface area contributed by atoms with Crippen LogP contribution >= 0.6 is 0 Å². The molecule has 4 rings (SSSR count). The fraction of sp³-hybridized carbons (Fsp3) is 0.625. The van der Waals surface area contributed by atoms with E-state index in [9.17, 15) is 20.4 Å². The van der Waals surface area contributed by atoms with Crippen molar-refractivity contribution in [1.82, 2.24) is 9.80 Å². The fourth-order valence-electron chi connectivity index (χ4n) is 6.46. The third-order valence-electron chi connectivity index (χ3n) is 8.46. The van der Waals surface area contributed by atoms with Crippen LogP contribution in [0.1, 0.15) is 73.6 Å². The zero-order valence-electron chi connectivity index (χ0n) is 23.9. The zero-order chi connectivity index (χ0) is 27.8. The van der Waals surface area contributed by atoms with Crippen LogP contribution in [0, 0.1) is 11.8 Å². The largest absolute Gasteiger partial charge is 0.392 e. The van der Waals surface area contributed by atoms with Gasteiger partial charge in [-0.3, -0.25) is 0 Å². The van der Waals surface area contributed by atoms with Gasteiger partial charge in [-0.1, -0.05) is 74.2 Å². The Bertz CT molecular complexity index is 917. The number of benzene rings is 2. The molecule has 6 nitrogen and oxygen atoms in total. The summed E-state index contributed by atoms with van der Waals surface area (Å²) in [6.45, 7) is 1.87. The molecule has 0 saturated heterocycles. The molecule has 6 heteroatoms. The first-order valence-electron chi connectivity index (χ1n) is 14.3. The summed E-state index contributed by atoms with van der Waals surface area (Å²) in [5.41, 5.74) is 2.19. The van der Waals surface area contributed by atoms with Gasteiger partial charge in [-0.2, -0.15) is 0 Å². The van der Waals surface area contributed by atoms with E-state index in [1.54, 1.807) is 0 Å². The molecular weight excluding hydrogens is 476 g/mol. The first-order valence-corrected chi connectivity index (χ1v) is 14.3. The van der Waals surface area contributed by atoms with Gasteiger partial charge in [-0.25, -0.2) is 0 Å². The van der Waals surface area contributed by atoms with Gasteiger partial charge >= 0.3 is 0 Å². The Morgan fingerprint density at radius 1 is 0.658 bits per heavy atom. The van der Waals surface area contributed by atoms with Crippen LogP contribution in [0.25, 0.3) is 0 Å². The van der Waals surface area contributed by atoms with Crippen LogP contribution in [0.15, 0.2) is 48.5 Å². The Labute approximate surface area is 229 Å². The number of hydrogen-bond donors (Lipinski definition) is 4. The van der Waals surface area contributed by atoms with Crippen LogP contribution in [0.4, 0.5) is 0 Å². The molecule has 0 aromatic heterocycles. The lowest BCUT2D eigenvalue weighted by molar-refractivity contribution is -0.0621. The highest BCUT2D eigenvalue weighted by Crippen LogP contribution is 2.43. The van der Waals surface area contributed by atoms with E-state index in [0.717, 1.165) is 73.9 Å². The Hall–Kier alpha value is -1.80. The van der Waals surface area contributed by atoms with E-state index < -0.39 is 11.2 Å². The summed E-state index contributed by atoms with van der Waals surface area (Å²) in [4.78, 5) is 4.30. The minimum atomic E-state index is -0.742. The monoisotopic (exact) mass is 526 g/mol. The van der Waals surface area contributed by atoms with E-state index in [4.69, 9.17) is 0 Å². The second-order valence-electron chi connectivity index (χ2n) is 12.0. The van der Waals surface area contributed by atoms with Crippen molar-refractivity contribution < 1.29 is 20.4 Å². The molecule has 0 amide bonds. The Kier molecular flexibility index (Phi) is 11.3. The summed E-state index contributed by atoms with van der Waals surface area (Å²) in [7, 11) is 8.22. The lowest BCUT2D eigenvalue weighted by Gasteiger charge is -2.42. The molecule has 4 atom stereocenters. The number of nitrogens with zero attached hydrogens (tertiary/aromatic N) is 2. The third-order valence-corrected chi connectivity index (χ3v) is 8.46. The van der Waals surface area contributed by atoms with Crippen LogP contribution in [-0.4, -0.2) is 71.5 Å². The van der Waals surface area contributed by atoms with Crippen LogP contribution in [0.3, 0.4) is 0 Å². The van der Waals surface area contributed by atoms with Crippen molar-refractivity contribution in [2.24, 2.45) is 11.8 Å². The first kappa shape index (κ1) is 30.7. The quantitative estimate of drug-likeness (QED) is 0.412. The number of rotatable bonds is 8. The zero-order valence-corrected chi connectivity index (χ0v) is 23.9. The van der Waals surface area contributed by atoms with Gasteiger partial charge in [0.05, 0.1) is 24.4 Å². The molecule has 0 radical (unpaired) electrons. The van der Waals surface area contributed by atoms with E-state index in [2.05, 4.69) is 38.0 Å². The van der Waals surface area contributed by atoms with E-state index >= 15 is 0 Å². The smallest absolute Gasteiger partial charge is 0.0936 e. The normalized spacial score (nSPS) is 27.7. The molecule has 2 aliphatic rings. The summed E-state index contributed by atoms with van der Waals surface area (Å²) in [5, 5.41) is 40.9. The predicted octanol–water partition coefficient (Wildman–Crippen LogP) is 4.24. The van der Waals surface area contributed by atoms with Gasteiger partial charge in [0.25, 0.3) is 0 Å². The molecule has 2 aliphatic carbocycles. The minimum absolute atomic E-state index is 0.0300. The average Bonchev–Trinajstić information content (AvgIpc) is 2.91. The predicted molar refractivity (Wildman–Crippen MR) is 154 cm³/mol. The Morgan fingerprint density at radius 2 is 1.05 bits per heavy atom. The van der Waals surface area contributed by atoms with Crippen molar-refractivity contribution in [3.05, 3.63) is 70.8 Å². The lowest BCUT2D eigenvalue weighted by Crippen LogP contribution is -2.43. The van der Waals surface area contributed by atoms with Gasteiger partial charge < -0.3 is 30.2 Å². The van der Waals surface area contributed by atoms with E-state index in [1.807, 2.05) is 48.5 Å². The highest BCUT2D eigenvalue weighted by Gasteiger charge is 2.41. The van der Waals surface area contributed by atoms with Crippen LogP contribution in [0.5, 0.6) is 0 Å². The maximum atomic E-state index is 11.2. The van der Waals surface area contributed by atoms with Gasteiger partial charge in [-0.15, -0.1) is 0 Å². The highest BCUT2D eigenvalue weighted by atomic mass is 16.3. The molecule has 38 heavy (non-hydrogen) atoms. The molecule has 2 fully saturated rings. The third kappa shape index (κ3) is 7.65. The van der Waals surface area contributed by atoms with Crippen molar-refractivity contribution in [2.45, 2.75) is 75.8 Å². The molecule has 2 aromatic carbocycles. The molecule has 0 heterocycles. The standard InChI is InChI=1S/2C16H25NO2/c2*1-17(2)11-15-7-3-4-9-16(15,19)14-8-5-6-13(10-14)12-18/h2*5-6,8,10,15,18-19H,3-4,7,9,11-12H2,1-2H3/t2*15-,16-/m10/s1. The molecule has 0 aliphatic heterocycles. The second kappa shape index (κ2) is 14.0. The molecule has 4 N–H and O–H groups in total. The molecule has 0 unspecified atom stereocenters. The minimum Gasteiger partial charge on any atom is -0.392 e. The lowest BCUT2D eigenvalue weighted by atomic mass is 9.71. The van der Waals surface area contributed by atoms with Crippen molar-refractivity contribution in [3.8, 4) is 0 Å². The van der Waals surface area contributed by atoms with Crippen molar-refractivity contribution in [2.75, 3.05) is 41.3 Å². The Morgan fingerprint density at radius 3 is 1.39 bits per heavy atom. The van der Waals surface area contributed by atoms with Gasteiger partial charge in [0, 0.05) is 24.9 Å². The fourth-order valence-corrected chi connectivity index (χ4v) is 6.46. The summed E-state index contributed by atoms with van der Waals surface area (Å²) < 4.78 is 0. The Balaban J connectivity index is 0.000000211. The molecular formula is C32H50N2O4. The maximum Gasteiger partial charge on any atom is 0.0936 e. The molecule has 0 bridgehead atoms. The SMILES string of the molecule is CN(C)C[C@@H]1CCCC[C@]1(O)c1cccc(CO)c1.CN(C)C[C@H]1CCCC[C@@]1(O)c1cccc(CO)c1. The summed E-state index contributed by atoms with van der Waals surface area (Å²) in [5.74, 6) is 0.537. The summed E-state index contributed by atoms with van der Waals surface area (Å²) in [6.07, 6.45) is 8.31. The van der Waals surface area contributed by atoms with Crippen molar-refractivity contribution >= 4 is 0 Å². The first-order chi connectivity index (χ1) is 18.1. The second-order valence-corrected chi connectivity index (χ2v) is 12.0. The topological polar surface area (TPSA) is 87.4 Å². The molecule has 2 aromatic rings. The van der Waals surface area contributed by atoms with Crippen LogP contribution < -0.4 is 0 Å². The number of aliphatic hydroxyl groups excluding tert-OH is 2. The van der Waals surface area contributed by atoms with E-state index in [0.29, 0.717) is 0 Å². The molecule has 0 spiro atoms. The van der Waals surface area contributed by atoms with E-state index in [1.165, 1.54) is 12.8 Å². The van der Waals surface area contributed by atoms with Crippen molar-refractivity contribution in [3.63, 3.8) is 0 Å². The van der Waals surface area contributed by atoms with Gasteiger partial charge in [0.1, 0.15) is 0 Å². The average molecular weight is 527 g/mol. The van der Waals surface area contributed by atoms with E-state index in [-0.39, 0.29) is 25.0 Å². The number of aliphatic hydroxyl groups is 4. The maximum absolute atomic E-state index is 11.2. The molecule has 212 valence electrons. The van der Waals surface area contributed by atoms with Crippen molar-refractivity contribution in [1.29, 1.82) is 0 Å². The van der Waals surface area contributed by atoms with Gasteiger partial charge in [-0.05, 0) is 76.1 Å². The highest BCUT2D eigenvalue weighted by molar-refractivity contribution is 5.30. The number of hydrogen-bond acceptors (Lipinski definition) is 6. The van der Waals surface area contributed by atoms with Gasteiger partial charge in [0.2, 0.25) is 0 Å². The van der Waals surface area contributed by atoms with Gasteiger partial charge in [0.15, 0.2) is 0 Å². The summed E-state index contributed by atoms with van der Waals surface area (Å²) in [6, 6.07) is 15.6.